The summed E-state index contributed by atoms with van der Waals surface area (Å²) in [5.74, 6) is 0.949. The molecule has 3 aromatic rings. The van der Waals surface area contributed by atoms with Gasteiger partial charge in [-0.1, -0.05) is 26.0 Å². The molecule has 33 heavy (non-hydrogen) atoms. The monoisotopic (exact) mass is 470 g/mol. The molecule has 0 spiro atoms. The van der Waals surface area contributed by atoms with E-state index in [2.05, 4.69) is 33.9 Å². The highest BCUT2D eigenvalue weighted by molar-refractivity contribution is 7.92. The first kappa shape index (κ1) is 24.0. The lowest BCUT2D eigenvalue weighted by Crippen LogP contribution is -2.15. The number of methoxy groups -OCH3 is 1. The Kier molecular flexibility index (Phi) is 7.83. The van der Waals surface area contributed by atoms with Crippen LogP contribution in [0.25, 0.3) is 0 Å². The van der Waals surface area contributed by atoms with Crippen LogP contribution in [-0.2, 0) is 10.0 Å². The van der Waals surface area contributed by atoms with Crippen molar-refractivity contribution in [2.45, 2.75) is 25.2 Å². The molecule has 0 aliphatic carbocycles. The van der Waals surface area contributed by atoms with Gasteiger partial charge >= 0.3 is 0 Å². The van der Waals surface area contributed by atoms with Gasteiger partial charge in [0.1, 0.15) is 17.9 Å². The molecule has 0 unspecified atom stereocenters. The second-order valence-corrected chi connectivity index (χ2v) is 9.24. The van der Waals surface area contributed by atoms with Crippen molar-refractivity contribution in [1.29, 1.82) is 0 Å². The minimum Gasteiger partial charge on any atom is -0.493 e. The summed E-state index contributed by atoms with van der Waals surface area (Å²) in [6.07, 6.45) is 2.07. The fraction of sp³-hybridized carbons (Fsp3) is 0.261. The van der Waals surface area contributed by atoms with Crippen LogP contribution in [0, 0.1) is 5.92 Å². The Hall–Kier alpha value is -3.66. The first-order valence-corrected chi connectivity index (χ1v) is 11.8. The van der Waals surface area contributed by atoms with Crippen LogP contribution in [0.5, 0.6) is 11.6 Å². The number of carbonyl (C=O) groups is 1. The molecule has 0 aliphatic rings. The number of benzene rings is 2. The Labute approximate surface area is 193 Å². The SMILES string of the molecule is COc1cc(NS(=O)(=O)c2ccc(NC(=O)c3ccccc3OCCC(C)C)cc2)ncn1. The zero-order chi connectivity index (χ0) is 23.8. The Morgan fingerprint density at radius 3 is 2.48 bits per heavy atom. The number of ether oxygens (including phenoxy) is 2. The first-order chi connectivity index (χ1) is 15.8. The van der Waals surface area contributed by atoms with E-state index >= 15 is 0 Å². The summed E-state index contributed by atoms with van der Waals surface area (Å²) in [7, 11) is -2.47. The van der Waals surface area contributed by atoms with E-state index < -0.39 is 10.0 Å². The van der Waals surface area contributed by atoms with Gasteiger partial charge in [0.15, 0.2) is 0 Å². The summed E-state index contributed by atoms with van der Waals surface area (Å²) in [5, 5.41) is 2.77. The number of nitrogens with zero attached hydrogens (tertiary/aromatic N) is 2. The van der Waals surface area contributed by atoms with E-state index in [1.165, 1.54) is 43.8 Å². The lowest BCUT2D eigenvalue weighted by Gasteiger charge is -2.13. The topological polar surface area (TPSA) is 120 Å². The average molecular weight is 471 g/mol. The molecule has 3 rings (SSSR count). The van der Waals surface area contributed by atoms with E-state index in [0.717, 1.165) is 6.42 Å². The van der Waals surface area contributed by atoms with Crippen molar-refractivity contribution < 1.29 is 22.7 Å². The third-order valence-corrected chi connectivity index (χ3v) is 5.97. The summed E-state index contributed by atoms with van der Waals surface area (Å²) in [6.45, 7) is 4.72. The standard InChI is InChI=1S/C23H26N4O5S/c1-16(2)12-13-32-20-7-5-4-6-19(20)23(28)26-17-8-10-18(11-9-17)33(29,30)27-21-14-22(31-3)25-15-24-21/h4-11,14-16H,12-13H2,1-3H3,(H,26,28)(H,24,25,27). The van der Waals surface area contributed by atoms with Crippen LogP contribution in [0.1, 0.15) is 30.6 Å². The molecule has 9 nitrogen and oxygen atoms in total. The van der Waals surface area contributed by atoms with E-state index in [0.29, 0.717) is 29.5 Å². The van der Waals surface area contributed by atoms with Crippen molar-refractivity contribution in [2.75, 3.05) is 23.8 Å². The third-order valence-electron chi connectivity index (χ3n) is 4.60. The van der Waals surface area contributed by atoms with Crippen LogP contribution in [0.2, 0.25) is 0 Å². The zero-order valence-electron chi connectivity index (χ0n) is 18.6. The van der Waals surface area contributed by atoms with E-state index in [1.807, 2.05) is 0 Å². The molecule has 0 saturated heterocycles. The van der Waals surface area contributed by atoms with Gasteiger partial charge in [0.05, 0.1) is 24.2 Å². The predicted octanol–water partition coefficient (Wildman–Crippen LogP) is 3.96. The van der Waals surface area contributed by atoms with Gasteiger partial charge in [0.25, 0.3) is 15.9 Å². The number of carbonyl (C=O) groups excluding carboxylic acids is 1. The number of nitrogens with one attached hydrogen (secondary N) is 2. The number of rotatable bonds is 10. The normalized spacial score (nSPS) is 11.2. The summed E-state index contributed by atoms with van der Waals surface area (Å²) in [4.78, 5) is 20.5. The van der Waals surface area contributed by atoms with Gasteiger partial charge in [-0.25, -0.2) is 18.4 Å². The van der Waals surface area contributed by atoms with Crippen LogP contribution in [-0.4, -0.2) is 38.0 Å². The molecule has 0 radical (unpaired) electrons. The highest BCUT2D eigenvalue weighted by Crippen LogP contribution is 2.22. The van der Waals surface area contributed by atoms with Gasteiger partial charge in [-0.2, -0.15) is 0 Å². The largest absolute Gasteiger partial charge is 0.493 e. The Balaban J connectivity index is 1.69. The summed E-state index contributed by atoms with van der Waals surface area (Å²) in [5.41, 5.74) is 0.844. The number of sulfonamides is 1. The van der Waals surface area contributed by atoms with Gasteiger partial charge in [-0.15, -0.1) is 0 Å². The molecular weight excluding hydrogens is 444 g/mol. The molecule has 10 heteroatoms. The molecule has 2 N–H and O–H groups in total. The molecule has 1 heterocycles. The van der Waals surface area contributed by atoms with Crippen LogP contribution in [0.4, 0.5) is 11.5 Å². The van der Waals surface area contributed by atoms with Crippen LogP contribution >= 0.6 is 0 Å². The maximum atomic E-state index is 12.8. The molecule has 0 saturated carbocycles. The smallest absolute Gasteiger partial charge is 0.263 e. The number of para-hydroxylation sites is 1. The molecule has 1 amide bonds. The number of anilines is 2. The molecule has 0 aliphatic heterocycles. The summed E-state index contributed by atoms with van der Waals surface area (Å²) in [6, 6.07) is 14.2. The fourth-order valence-electron chi connectivity index (χ4n) is 2.80. The van der Waals surface area contributed by atoms with E-state index in [1.54, 1.807) is 24.3 Å². The van der Waals surface area contributed by atoms with Crippen molar-refractivity contribution in [3.05, 3.63) is 66.5 Å². The second kappa shape index (κ2) is 10.8. The molecule has 174 valence electrons. The van der Waals surface area contributed by atoms with E-state index in [9.17, 15) is 13.2 Å². The van der Waals surface area contributed by atoms with Crippen molar-refractivity contribution in [3.63, 3.8) is 0 Å². The van der Waals surface area contributed by atoms with Crippen LogP contribution in [0.3, 0.4) is 0 Å². The molecule has 0 fully saturated rings. The maximum absolute atomic E-state index is 12.8. The van der Waals surface area contributed by atoms with Crippen molar-refractivity contribution >= 4 is 27.4 Å². The highest BCUT2D eigenvalue weighted by atomic mass is 32.2. The molecule has 0 atom stereocenters. The first-order valence-electron chi connectivity index (χ1n) is 10.3. The lowest BCUT2D eigenvalue weighted by molar-refractivity contribution is 0.102. The minimum atomic E-state index is -3.89. The minimum absolute atomic E-state index is 0.00972. The van der Waals surface area contributed by atoms with Crippen LogP contribution < -0.4 is 19.5 Å². The van der Waals surface area contributed by atoms with Gasteiger partial charge in [0.2, 0.25) is 5.88 Å². The van der Waals surface area contributed by atoms with Gasteiger partial charge in [-0.3, -0.25) is 9.52 Å². The Bertz CT molecular complexity index is 1200. The Morgan fingerprint density at radius 1 is 1.06 bits per heavy atom. The lowest BCUT2D eigenvalue weighted by atomic mass is 10.1. The Morgan fingerprint density at radius 2 is 1.79 bits per heavy atom. The van der Waals surface area contributed by atoms with E-state index in [4.69, 9.17) is 9.47 Å². The van der Waals surface area contributed by atoms with Gasteiger partial charge in [-0.05, 0) is 48.7 Å². The van der Waals surface area contributed by atoms with Crippen molar-refractivity contribution in [2.24, 2.45) is 5.92 Å². The summed E-state index contributed by atoms with van der Waals surface area (Å²) >= 11 is 0. The van der Waals surface area contributed by atoms with E-state index in [-0.39, 0.29) is 22.5 Å². The molecule has 2 aromatic carbocycles. The quantitative estimate of drug-likeness (QED) is 0.460. The summed E-state index contributed by atoms with van der Waals surface area (Å²) < 4.78 is 38.4. The predicted molar refractivity (Wildman–Crippen MR) is 125 cm³/mol. The number of amides is 1. The highest BCUT2D eigenvalue weighted by Gasteiger charge is 2.17. The number of hydrogen-bond acceptors (Lipinski definition) is 7. The number of hydrogen-bond donors (Lipinski definition) is 2. The average Bonchev–Trinajstić information content (AvgIpc) is 2.79. The van der Waals surface area contributed by atoms with Crippen molar-refractivity contribution in [3.8, 4) is 11.6 Å². The molecule has 0 bridgehead atoms. The van der Waals surface area contributed by atoms with Crippen LogP contribution in [0.15, 0.2) is 65.8 Å². The third kappa shape index (κ3) is 6.66. The zero-order valence-corrected chi connectivity index (χ0v) is 19.4. The fourth-order valence-corrected chi connectivity index (χ4v) is 3.80. The maximum Gasteiger partial charge on any atom is 0.263 e. The molecule has 1 aromatic heterocycles. The molecular formula is C23H26N4O5S. The van der Waals surface area contributed by atoms with Gasteiger partial charge in [0, 0.05) is 11.8 Å². The van der Waals surface area contributed by atoms with Gasteiger partial charge < -0.3 is 14.8 Å². The van der Waals surface area contributed by atoms with Crippen molar-refractivity contribution in [1.82, 2.24) is 9.97 Å². The number of aromatic nitrogens is 2. The second-order valence-electron chi connectivity index (χ2n) is 7.56.